The van der Waals surface area contributed by atoms with E-state index in [2.05, 4.69) is 4.74 Å². The summed E-state index contributed by atoms with van der Waals surface area (Å²) >= 11 is 5.39. The van der Waals surface area contributed by atoms with Crippen molar-refractivity contribution in [1.29, 1.82) is 0 Å². The summed E-state index contributed by atoms with van der Waals surface area (Å²) < 4.78 is 15.7. The first-order valence-corrected chi connectivity index (χ1v) is 5.79. The standard InChI is InChI=1S/C7H13ClO3S/c1-2-11-7(9)6-12(10)5-3-4-8/h2-6H2,1H3. The van der Waals surface area contributed by atoms with Gasteiger partial charge in [-0.2, -0.15) is 0 Å². The Morgan fingerprint density at radius 1 is 1.58 bits per heavy atom. The van der Waals surface area contributed by atoms with Crippen molar-refractivity contribution in [1.82, 2.24) is 0 Å². The first-order chi connectivity index (χ1) is 5.70. The molecule has 0 aliphatic heterocycles. The minimum Gasteiger partial charge on any atom is -0.465 e. The summed E-state index contributed by atoms with van der Waals surface area (Å²) in [4.78, 5) is 10.8. The average molecular weight is 213 g/mol. The molecule has 0 spiro atoms. The van der Waals surface area contributed by atoms with Crippen molar-refractivity contribution in [3.05, 3.63) is 0 Å². The van der Waals surface area contributed by atoms with E-state index in [9.17, 15) is 9.00 Å². The SMILES string of the molecule is CCOC(=O)CS(=O)CCCCl. The summed E-state index contributed by atoms with van der Waals surface area (Å²) in [6, 6.07) is 0. The maximum atomic E-state index is 11.0. The molecule has 0 aromatic rings. The molecule has 1 atom stereocenters. The van der Waals surface area contributed by atoms with Crippen LogP contribution in [0.2, 0.25) is 0 Å². The third-order valence-corrected chi connectivity index (χ3v) is 2.66. The van der Waals surface area contributed by atoms with Crippen molar-refractivity contribution in [3.8, 4) is 0 Å². The summed E-state index contributed by atoms with van der Waals surface area (Å²) in [6.07, 6.45) is 0.674. The van der Waals surface area contributed by atoms with Crippen LogP contribution in [0.5, 0.6) is 0 Å². The maximum Gasteiger partial charge on any atom is 0.318 e. The second-order valence-corrected chi connectivity index (χ2v) is 4.09. The number of carbonyl (C=O) groups excluding carboxylic acids is 1. The maximum absolute atomic E-state index is 11.0. The van der Waals surface area contributed by atoms with E-state index in [1.807, 2.05) is 0 Å². The molecule has 0 aliphatic rings. The molecule has 0 heterocycles. The van der Waals surface area contributed by atoms with Gasteiger partial charge in [-0.1, -0.05) is 0 Å². The Morgan fingerprint density at radius 2 is 2.25 bits per heavy atom. The van der Waals surface area contributed by atoms with E-state index in [1.165, 1.54) is 0 Å². The summed E-state index contributed by atoms with van der Waals surface area (Å²) in [5.74, 6) is 0.548. The molecule has 72 valence electrons. The molecule has 0 rings (SSSR count). The topological polar surface area (TPSA) is 43.4 Å². The average Bonchev–Trinajstić information content (AvgIpc) is 2.01. The molecule has 3 nitrogen and oxygen atoms in total. The van der Waals surface area contributed by atoms with Crippen LogP contribution < -0.4 is 0 Å². The first kappa shape index (κ1) is 11.9. The highest BCUT2D eigenvalue weighted by atomic mass is 35.5. The van der Waals surface area contributed by atoms with E-state index in [0.717, 1.165) is 0 Å². The van der Waals surface area contributed by atoms with E-state index in [4.69, 9.17) is 11.6 Å². The number of rotatable bonds is 6. The number of alkyl halides is 1. The highest BCUT2D eigenvalue weighted by Gasteiger charge is 2.07. The van der Waals surface area contributed by atoms with Crippen LogP contribution in [0.15, 0.2) is 0 Å². The lowest BCUT2D eigenvalue weighted by Crippen LogP contribution is -2.16. The number of esters is 1. The van der Waals surface area contributed by atoms with E-state index >= 15 is 0 Å². The summed E-state index contributed by atoms with van der Waals surface area (Å²) in [5.41, 5.74) is 0. The third-order valence-electron chi connectivity index (χ3n) is 1.09. The van der Waals surface area contributed by atoms with Crippen molar-refractivity contribution in [2.75, 3.05) is 24.0 Å². The van der Waals surface area contributed by atoms with Gasteiger partial charge in [0.1, 0.15) is 5.75 Å². The smallest absolute Gasteiger partial charge is 0.318 e. The van der Waals surface area contributed by atoms with Crippen molar-refractivity contribution < 1.29 is 13.7 Å². The molecule has 0 saturated carbocycles. The lowest BCUT2D eigenvalue weighted by atomic mass is 10.6. The quantitative estimate of drug-likeness (QED) is 0.486. The normalized spacial score (nSPS) is 12.5. The number of ether oxygens (including phenoxy) is 1. The zero-order chi connectivity index (χ0) is 9.40. The number of hydrogen-bond donors (Lipinski definition) is 0. The van der Waals surface area contributed by atoms with E-state index in [-0.39, 0.29) is 5.75 Å². The monoisotopic (exact) mass is 212 g/mol. The van der Waals surface area contributed by atoms with Gasteiger partial charge in [-0.3, -0.25) is 9.00 Å². The van der Waals surface area contributed by atoms with Crippen molar-refractivity contribution in [2.45, 2.75) is 13.3 Å². The van der Waals surface area contributed by atoms with E-state index < -0.39 is 16.8 Å². The van der Waals surface area contributed by atoms with Gasteiger partial charge in [-0.15, -0.1) is 11.6 Å². The molecule has 0 aromatic carbocycles. The summed E-state index contributed by atoms with van der Waals surface area (Å²) in [7, 11) is -1.11. The van der Waals surface area contributed by atoms with Gasteiger partial charge < -0.3 is 4.74 Å². The van der Waals surface area contributed by atoms with Gasteiger partial charge in [-0.05, 0) is 13.3 Å². The predicted octanol–water partition coefficient (Wildman–Crippen LogP) is 0.927. The third kappa shape index (κ3) is 6.61. The predicted molar refractivity (Wildman–Crippen MR) is 49.8 cm³/mol. The highest BCUT2D eigenvalue weighted by molar-refractivity contribution is 7.85. The second kappa shape index (κ2) is 7.55. The molecule has 12 heavy (non-hydrogen) atoms. The number of halogens is 1. The Morgan fingerprint density at radius 3 is 2.75 bits per heavy atom. The molecular formula is C7H13ClO3S. The molecule has 5 heteroatoms. The van der Waals surface area contributed by atoms with Crippen LogP contribution in [0.3, 0.4) is 0 Å². The van der Waals surface area contributed by atoms with Crippen LogP contribution >= 0.6 is 11.6 Å². The van der Waals surface area contributed by atoms with Crippen LogP contribution in [-0.2, 0) is 20.3 Å². The van der Waals surface area contributed by atoms with Crippen LogP contribution in [0, 0.1) is 0 Å². The van der Waals surface area contributed by atoms with Crippen LogP contribution in [0.1, 0.15) is 13.3 Å². The van der Waals surface area contributed by atoms with Crippen LogP contribution in [-0.4, -0.2) is 34.2 Å². The van der Waals surface area contributed by atoms with Gasteiger partial charge in [-0.25, -0.2) is 0 Å². The number of hydrogen-bond acceptors (Lipinski definition) is 3. The van der Waals surface area contributed by atoms with Gasteiger partial charge in [0.2, 0.25) is 0 Å². The van der Waals surface area contributed by atoms with E-state index in [0.29, 0.717) is 24.7 Å². The molecule has 0 amide bonds. The number of carbonyl (C=O) groups is 1. The fourth-order valence-electron chi connectivity index (χ4n) is 0.622. The van der Waals surface area contributed by atoms with Crippen LogP contribution in [0.25, 0.3) is 0 Å². The summed E-state index contributed by atoms with van der Waals surface area (Å²) in [6.45, 7) is 2.06. The molecule has 0 aromatic heterocycles. The van der Waals surface area contributed by atoms with Gasteiger partial charge in [0.25, 0.3) is 0 Å². The summed E-state index contributed by atoms with van der Waals surface area (Å²) in [5, 5.41) is 0. The fourth-order valence-corrected chi connectivity index (χ4v) is 1.87. The molecule has 0 aliphatic carbocycles. The Balaban J connectivity index is 3.47. The second-order valence-electron chi connectivity index (χ2n) is 2.14. The van der Waals surface area contributed by atoms with Gasteiger partial charge >= 0.3 is 5.97 Å². The zero-order valence-corrected chi connectivity index (χ0v) is 8.62. The molecule has 0 radical (unpaired) electrons. The Labute approximate surface area is 79.9 Å². The van der Waals surface area contributed by atoms with Gasteiger partial charge in [0.05, 0.1) is 6.61 Å². The van der Waals surface area contributed by atoms with Crippen molar-refractivity contribution in [2.24, 2.45) is 0 Å². The lowest BCUT2D eigenvalue weighted by Gasteiger charge is -2.00. The van der Waals surface area contributed by atoms with Crippen molar-refractivity contribution in [3.63, 3.8) is 0 Å². The van der Waals surface area contributed by atoms with E-state index in [1.54, 1.807) is 6.92 Å². The first-order valence-electron chi connectivity index (χ1n) is 3.77. The molecular weight excluding hydrogens is 200 g/mol. The molecule has 1 unspecified atom stereocenters. The fraction of sp³-hybridized carbons (Fsp3) is 0.857. The molecule has 0 bridgehead atoms. The van der Waals surface area contributed by atoms with Gasteiger partial charge in [0, 0.05) is 22.4 Å². The Hall–Kier alpha value is -0.0900. The van der Waals surface area contributed by atoms with Gasteiger partial charge in [0.15, 0.2) is 0 Å². The molecule has 0 saturated heterocycles. The zero-order valence-electron chi connectivity index (χ0n) is 7.05. The highest BCUT2D eigenvalue weighted by Crippen LogP contribution is 1.92. The van der Waals surface area contributed by atoms with Crippen LogP contribution in [0.4, 0.5) is 0 Å². The largest absolute Gasteiger partial charge is 0.465 e. The lowest BCUT2D eigenvalue weighted by molar-refractivity contribution is -0.139. The van der Waals surface area contributed by atoms with Crippen molar-refractivity contribution >= 4 is 28.4 Å². The minimum atomic E-state index is -1.11. The Kier molecular flexibility index (Phi) is 7.50. The molecule has 0 N–H and O–H groups in total. The Bertz CT molecular complexity index is 161. The molecule has 0 fully saturated rings. The minimum absolute atomic E-state index is 0.00920.